The SMILES string of the molecule is CCCCS(=O)(=O)Nc1cccc(/C=C/C(=O)O)n1. The number of unbranched alkanes of at least 4 members (excludes halogenated alkanes) is 1. The third-order valence-corrected chi connectivity index (χ3v) is 3.54. The molecule has 0 aliphatic rings. The molecule has 0 aliphatic heterocycles. The molecule has 1 aromatic rings. The van der Waals surface area contributed by atoms with Crippen LogP contribution < -0.4 is 4.72 Å². The fraction of sp³-hybridized carbons (Fsp3) is 0.333. The number of aliphatic carboxylic acids is 1. The highest BCUT2D eigenvalue weighted by molar-refractivity contribution is 7.92. The molecule has 0 aliphatic carbocycles. The molecule has 1 heterocycles. The van der Waals surface area contributed by atoms with Gasteiger partial charge in [-0.25, -0.2) is 18.2 Å². The van der Waals surface area contributed by atoms with E-state index in [1.165, 1.54) is 12.1 Å². The standard InChI is InChI=1S/C12H16N2O4S/c1-2-3-9-19(17,18)14-11-6-4-5-10(13-11)7-8-12(15)16/h4-8H,2-3,9H2,1H3,(H,13,14)(H,15,16)/b8-7+. The van der Waals surface area contributed by atoms with Crippen LogP contribution in [0.4, 0.5) is 5.82 Å². The molecule has 0 aromatic carbocycles. The highest BCUT2D eigenvalue weighted by Gasteiger charge is 2.10. The van der Waals surface area contributed by atoms with E-state index in [4.69, 9.17) is 5.11 Å². The number of nitrogens with zero attached hydrogens (tertiary/aromatic N) is 1. The van der Waals surface area contributed by atoms with Gasteiger partial charge in [-0.1, -0.05) is 19.4 Å². The molecule has 0 radical (unpaired) electrons. The van der Waals surface area contributed by atoms with Gasteiger partial charge in [-0.05, 0) is 24.6 Å². The Morgan fingerprint density at radius 2 is 2.21 bits per heavy atom. The first kappa shape index (κ1) is 15.2. The zero-order valence-corrected chi connectivity index (χ0v) is 11.4. The third kappa shape index (κ3) is 6.01. The number of hydrogen-bond donors (Lipinski definition) is 2. The van der Waals surface area contributed by atoms with E-state index in [1.807, 2.05) is 6.92 Å². The minimum Gasteiger partial charge on any atom is -0.478 e. The summed E-state index contributed by atoms with van der Waals surface area (Å²) < 4.78 is 25.7. The van der Waals surface area contributed by atoms with Gasteiger partial charge in [-0.15, -0.1) is 0 Å². The third-order valence-electron chi connectivity index (χ3n) is 2.19. The van der Waals surface area contributed by atoms with Crippen LogP contribution in [0.25, 0.3) is 6.08 Å². The van der Waals surface area contributed by atoms with Crippen molar-refractivity contribution in [3.8, 4) is 0 Å². The lowest BCUT2D eigenvalue weighted by Crippen LogP contribution is -2.17. The van der Waals surface area contributed by atoms with Crippen molar-refractivity contribution in [1.82, 2.24) is 4.98 Å². The summed E-state index contributed by atoms with van der Waals surface area (Å²) in [4.78, 5) is 14.4. The monoisotopic (exact) mass is 284 g/mol. The Morgan fingerprint density at radius 3 is 2.84 bits per heavy atom. The molecule has 0 bridgehead atoms. The Bertz CT molecular complexity index is 567. The minimum atomic E-state index is -3.40. The van der Waals surface area contributed by atoms with Gasteiger partial charge < -0.3 is 5.11 Å². The molecule has 2 N–H and O–H groups in total. The van der Waals surface area contributed by atoms with Crippen LogP contribution >= 0.6 is 0 Å². The van der Waals surface area contributed by atoms with E-state index >= 15 is 0 Å². The Morgan fingerprint density at radius 1 is 1.47 bits per heavy atom. The fourth-order valence-electron chi connectivity index (χ4n) is 1.30. The van der Waals surface area contributed by atoms with Crippen molar-refractivity contribution >= 4 is 27.9 Å². The molecule has 0 unspecified atom stereocenters. The molecule has 0 fully saturated rings. The molecule has 0 saturated carbocycles. The Kier molecular flexibility index (Phi) is 5.50. The van der Waals surface area contributed by atoms with Crippen LogP contribution in [-0.2, 0) is 14.8 Å². The zero-order chi connectivity index (χ0) is 14.3. The largest absolute Gasteiger partial charge is 0.478 e. The van der Waals surface area contributed by atoms with Crippen LogP contribution in [0.2, 0.25) is 0 Å². The molecule has 104 valence electrons. The van der Waals surface area contributed by atoms with Crippen LogP contribution in [0.1, 0.15) is 25.5 Å². The fourth-order valence-corrected chi connectivity index (χ4v) is 2.51. The van der Waals surface area contributed by atoms with Gasteiger partial charge in [0.05, 0.1) is 11.4 Å². The summed E-state index contributed by atoms with van der Waals surface area (Å²) in [5.74, 6) is -0.861. The smallest absolute Gasteiger partial charge is 0.328 e. The first-order valence-electron chi connectivity index (χ1n) is 5.81. The van der Waals surface area contributed by atoms with Crippen LogP contribution in [0.5, 0.6) is 0 Å². The zero-order valence-electron chi connectivity index (χ0n) is 10.5. The maximum Gasteiger partial charge on any atom is 0.328 e. The van der Waals surface area contributed by atoms with Gasteiger partial charge >= 0.3 is 5.97 Å². The molecule has 6 nitrogen and oxygen atoms in total. The molecule has 7 heteroatoms. The summed E-state index contributed by atoms with van der Waals surface area (Å²) in [6, 6.07) is 4.71. The number of anilines is 1. The van der Waals surface area contributed by atoms with Crippen LogP contribution in [0, 0.1) is 0 Å². The lowest BCUT2D eigenvalue weighted by Gasteiger charge is -2.06. The van der Waals surface area contributed by atoms with Crippen LogP contribution in [0.3, 0.4) is 0 Å². The van der Waals surface area contributed by atoms with Crippen molar-refractivity contribution in [1.29, 1.82) is 0 Å². The number of hydrogen-bond acceptors (Lipinski definition) is 4. The molecule has 1 aromatic heterocycles. The van der Waals surface area contributed by atoms with Gasteiger partial charge in [0.1, 0.15) is 5.82 Å². The quantitative estimate of drug-likeness (QED) is 0.743. The first-order chi connectivity index (χ1) is 8.93. The first-order valence-corrected chi connectivity index (χ1v) is 7.47. The number of carboxylic acids is 1. The van der Waals surface area contributed by atoms with E-state index in [0.717, 1.165) is 12.5 Å². The number of carboxylic acid groups (broad SMARTS) is 1. The maximum absolute atomic E-state index is 11.7. The van der Waals surface area contributed by atoms with Crippen molar-refractivity contribution in [2.24, 2.45) is 0 Å². The molecule has 0 amide bonds. The number of aromatic nitrogens is 1. The molecule has 0 atom stereocenters. The van der Waals surface area contributed by atoms with E-state index < -0.39 is 16.0 Å². The Hall–Kier alpha value is -1.89. The number of pyridine rings is 1. The van der Waals surface area contributed by atoms with Crippen molar-refractivity contribution < 1.29 is 18.3 Å². The summed E-state index contributed by atoms with van der Waals surface area (Å²) >= 11 is 0. The van der Waals surface area contributed by atoms with Crippen molar-refractivity contribution in [3.63, 3.8) is 0 Å². The second-order valence-corrected chi connectivity index (χ2v) is 5.74. The van der Waals surface area contributed by atoms with E-state index in [9.17, 15) is 13.2 Å². The Labute approximate surface area is 112 Å². The average molecular weight is 284 g/mol. The lowest BCUT2D eigenvalue weighted by atomic mass is 10.3. The molecular formula is C12H16N2O4S. The second kappa shape index (κ2) is 6.89. The summed E-state index contributed by atoms with van der Waals surface area (Å²) in [5, 5.41) is 8.50. The predicted octanol–water partition coefficient (Wildman–Crippen LogP) is 1.72. The maximum atomic E-state index is 11.7. The summed E-state index contributed by atoms with van der Waals surface area (Å²) in [5.41, 5.74) is 0.373. The highest BCUT2D eigenvalue weighted by Crippen LogP contribution is 2.09. The van der Waals surface area contributed by atoms with Gasteiger partial charge in [0.15, 0.2) is 0 Å². The number of carbonyl (C=O) groups is 1. The number of rotatable bonds is 7. The lowest BCUT2D eigenvalue weighted by molar-refractivity contribution is -0.131. The van der Waals surface area contributed by atoms with E-state index in [-0.39, 0.29) is 11.6 Å². The Balaban J connectivity index is 2.80. The molecule has 19 heavy (non-hydrogen) atoms. The topological polar surface area (TPSA) is 96.4 Å². The average Bonchev–Trinajstić information content (AvgIpc) is 2.34. The molecule has 0 saturated heterocycles. The van der Waals surface area contributed by atoms with E-state index in [2.05, 4.69) is 9.71 Å². The van der Waals surface area contributed by atoms with Crippen molar-refractivity contribution in [3.05, 3.63) is 30.0 Å². The van der Waals surface area contributed by atoms with Gasteiger partial charge in [0.25, 0.3) is 0 Å². The van der Waals surface area contributed by atoms with Gasteiger partial charge in [-0.3, -0.25) is 4.72 Å². The number of sulfonamides is 1. The van der Waals surface area contributed by atoms with Crippen LogP contribution in [-0.4, -0.2) is 30.2 Å². The van der Waals surface area contributed by atoms with E-state index in [0.29, 0.717) is 12.1 Å². The van der Waals surface area contributed by atoms with Crippen molar-refractivity contribution in [2.45, 2.75) is 19.8 Å². The molecule has 1 rings (SSSR count). The normalized spacial score (nSPS) is 11.6. The van der Waals surface area contributed by atoms with Crippen molar-refractivity contribution in [2.75, 3.05) is 10.5 Å². The summed E-state index contributed by atoms with van der Waals surface area (Å²) in [6.45, 7) is 1.91. The minimum absolute atomic E-state index is 0.0420. The van der Waals surface area contributed by atoms with Gasteiger partial charge in [-0.2, -0.15) is 0 Å². The molecule has 0 spiro atoms. The second-order valence-electron chi connectivity index (χ2n) is 3.89. The number of nitrogens with one attached hydrogen (secondary N) is 1. The van der Waals surface area contributed by atoms with Gasteiger partial charge in [0.2, 0.25) is 10.0 Å². The highest BCUT2D eigenvalue weighted by atomic mass is 32.2. The predicted molar refractivity (Wildman–Crippen MR) is 73.2 cm³/mol. The van der Waals surface area contributed by atoms with E-state index in [1.54, 1.807) is 12.1 Å². The summed E-state index contributed by atoms with van der Waals surface area (Å²) in [6.07, 6.45) is 3.60. The summed E-state index contributed by atoms with van der Waals surface area (Å²) in [7, 11) is -3.40. The van der Waals surface area contributed by atoms with Gasteiger partial charge in [0, 0.05) is 6.08 Å². The molecular weight excluding hydrogens is 268 g/mol. The van der Waals surface area contributed by atoms with Crippen LogP contribution in [0.15, 0.2) is 24.3 Å².